The molecule has 2 aromatic heterocycles. The molecule has 3 nitrogen and oxygen atoms in total. The number of aromatic nitrogens is 1. The second-order valence-electron chi connectivity index (χ2n) is 5.16. The van der Waals surface area contributed by atoms with Crippen molar-refractivity contribution in [3.8, 4) is 0 Å². The SMILES string of the molecule is CC(C)(C)S(=O)N=C(c1ccsc1)c1cccc(Br)n1. The molecular weight excluding hydrogens is 356 g/mol. The molecule has 0 aliphatic carbocycles. The fraction of sp³-hybridized carbons (Fsp3) is 0.286. The van der Waals surface area contributed by atoms with Crippen LogP contribution in [0.4, 0.5) is 0 Å². The molecule has 0 saturated carbocycles. The van der Waals surface area contributed by atoms with Gasteiger partial charge in [0.2, 0.25) is 0 Å². The normalized spacial score (nSPS) is 14.3. The molecule has 1 atom stereocenters. The van der Waals surface area contributed by atoms with Crippen molar-refractivity contribution < 1.29 is 4.21 Å². The Morgan fingerprint density at radius 2 is 2.10 bits per heavy atom. The van der Waals surface area contributed by atoms with Crippen molar-refractivity contribution in [1.82, 2.24) is 4.98 Å². The lowest BCUT2D eigenvalue weighted by atomic mass is 10.1. The van der Waals surface area contributed by atoms with Crippen LogP contribution in [0.15, 0.2) is 44.0 Å². The van der Waals surface area contributed by atoms with Gasteiger partial charge in [-0.15, -0.1) is 0 Å². The van der Waals surface area contributed by atoms with Gasteiger partial charge in [-0.2, -0.15) is 15.7 Å². The maximum atomic E-state index is 12.3. The van der Waals surface area contributed by atoms with E-state index in [1.54, 1.807) is 11.3 Å². The summed E-state index contributed by atoms with van der Waals surface area (Å²) in [5, 5.41) is 3.96. The van der Waals surface area contributed by atoms with Gasteiger partial charge >= 0.3 is 0 Å². The lowest BCUT2D eigenvalue weighted by Gasteiger charge is -2.14. The van der Waals surface area contributed by atoms with Crippen molar-refractivity contribution in [1.29, 1.82) is 0 Å². The summed E-state index contributed by atoms with van der Waals surface area (Å²) in [4.78, 5) is 4.42. The third-order valence-corrected chi connectivity index (χ3v) is 4.97. The van der Waals surface area contributed by atoms with Gasteiger partial charge in [-0.3, -0.25) is 0 Å². The predicted octanol–water partition coefficient (Wildman–Crippen LogP) is 4.21. The first-order chi connectivity index (χ1) is 9.38. The summed E-state index contributed by atoms with van der Waals surface area (Å²) in [6, 6.07) is 7.59. The Morgan fingerprint density at radius 3 is 2.65 bits per heavy atom. The monoisotopic (exact) mass is 370 g/mol. The molecule has 1 unspecified atom stereocenters. The van der Waals surface area contributed by atoms with Crippen molar-refractivity contribution in [2.75, 3.05) is 0 Å². The topological polar surface area (TPSA) is 42.3 Å². The molecule has 0 bridgehead atoms. The van der Waals surface area contributed by atoms with Crippen molar-refractivity contribution in [3.05, 3.63) is 50.9 Å². The second kappa shape index (κ2) is 6.28. The summed E-state index contributed by atoms with van der Waals surface area (Å²) < 4.78 is 17.1. The van der Waals surface area contributed by atoms with Crippen LogP contribution in [0.5, 0.6) is 0 Å². The maximum absolute atomic E-state index is 12.3. The van der Waals surface area contributed by atoms with E-state index in [2.05, 4.69) is 25.3 Å². The van der Waals surface area contributed by atoms with Crippen LogP contribution in [-0.2, 0) is 11.0 Å². The van der Waals surface area contributed by atoms with Crippen LogP contribution in [0.1, 0.15) is 32.0 Å². The Balaban J connectivity index is 2.52. The Morgan fingerprint density at radius 1 is 1.35 bits per heavy atom. The van der Waals surface area contributed by atoms with Gasteiger partial charge in [-0.1, -0.05) is 6.07 Å². The van der Waals surface area contributed by atoms with Gasteiger partial charge in [0.1, 0.15) is 21.3 Å². The van der Waals surface area contributed by atoms with E-state index in [0.717, 1.165) is 15.9 Å². The Labute approximate surface area is 133 Å². The number of halogens is 1. The van der Waals surface area contributed by atoms with Crippen LogP contribution < -0.4 is 0 Å². The number of hydrogen-bond acceptors (Lipinski definition) is 3. The van der Waals surface area contributed by atoms with Gasteiger partial charge in [-0.05, 0) is 60.3 Å². The lowest BCUT2D eigenvalue weighted by molar-refractivity contribution is 0.650. The first-order valence-electron chi connectivity index (χ1n) is 6.04. The van der Waals surface area contributed by atoms with E-state index in [0.29, 0.717) is 5.71 Å². The average molecular weight is 371 g/mol. The van der Waals surface area contributed by atoms with E-state index in [1.807, 2.05) is 55.8 Å². The fourth-order valence-electron chi connectivity index (χ4n) is 1.41. The van der Waals surface area contributed by atoms with Crippen LogP contribution in [0.25, 0.3) is 0 Å². The molecule has 106 valence electrons. The number of pyridine rings is 1. The van der Waals surface area contributed by atoms with Gasteiger partial charge in [-0.25, -0.2) is 9.19 Å². The highest BCUT2D eigenvalue weighted by Crippen LogP contribution is 2.19. The summed E-state index contributed by atoms with van der Waals surface area (Å²) in [7, 11) is -1.32. The van der Waals surface area contributed by atoms with E-state index in [1.165, 1.54) is 0 Å². The minimum absolute atomic E-state index is 0.396. The van der Waals surface area contributed by atoms with Gasteiger partial charge in [0, 0.05) is 10.9 Å². The zero-order valence-electron chi connectivity index (χ0n) is 11.5. The Hall–Kier alpha value is -0.850. The van der Waals surface area contributed by atoms with Crippen molar-refractivity contribution >= 4 is 44.0 Å². The van der Waals surface area contributed by atoms with Crippen LogP contribution in [0, 0.1) is 0 Å². The molecule has 0 aliphatic rings. The molecule has 0 saturated heterocycles. The fourth-order valence-corrected chi connectivity index (χ4v) is 3.03. The highest BCUT2D eigenvalue weighted by Gasteiger charge is 2.21. The second-order valence-corrected chi connectivity index (χ2v) is 8.66. The molecule has 2 rings (SSSR count). The first-order valence-corrected chi connectivity index (χ1v) is 8.88. The van der Waals surface area contributed by atoms with Crippen molar-refractivity contribution in [3.63, 3.8) is 0 Å². The van der Waals surface area contributed by atoms with Gasteiger partial charge < -0.3 is 0 Å². The van der Waals surface area contributed by atoms with Crippen molar-refractivity contribution in [2.24, 2.45) is 4.40 Å². The molecular formula is C14H15BrN2OS2. The molecule has 0 N–H and O–H groups in total. The largest absolute Gasteiger partial charge is 0.239 e. The molecule has 0 aromatic carbocycles. The number of nitrogens with zero attached hydrogens (tertiary/aromatic N) is 2. The van der Waals surface area contributed by atoms with Gasteiger partial charge in [0.15, 0.2) is 0 Å². The lowest BCUT2D eigenvalue weighted by Crippen LogP contribution is -2.21. The standard InChI is InChI=1S/C14H15BrN2OS2/c1-14(2,3)20(18)17-13(10-7-8-19-9-10)11-5-4-6-12(15)16-11/h4-9H,1-3H3. The van der Waals surface area contributed by atoms with Gasteiger partial charge in [0.05, 0.1) is 10.4 Å². The van der Waals surface area contributed by atoms with Crippen LogP contribution in [-0.4, -0.2) is 19.7 Å². The summed E-state index contributed by atoms with van der Waals surface area (Å²) in [5.41, 5.74) is 2.33. The number of thiophene rings is 1. The van der Waals surface area contributed by atoms with Crippen LogP contribution >= 0.6 is 27.3 Å². The number of hydrogen-bond donors (Lipinski definition) is 0. The highest BCUT2D eigenvalue weighted by atomic mass is 79.9. The molecule has 0 radical (unpaired) electrons. The van der Waals surface area contributed by atoms with E-state index in [4.69, 9.17) is 0 Å². The zero-order valence-corrected chi connectivity index (χ0v) is 14.7. The Bertz CT molecular complexity index is 645. The van der Waals surface area contributed by atoms with Crippen molar-refractivity contribution in [2.45, 2.75) is 25.5 Å². The van der Waals surface area contributed by atoms with E-state index in [-0.39, 0.29) is 0 Å². The summed E-state index contributed by atoms with van der Waals surface area (Å²) in [6.07, 6.45) is 0. The third-order valence-electron chi connectivity index (χ3n) is 2.45. The molecule has 0 fully saturated rings. The summed E-state index contributed by atoms with van der Waals surface area (Å²) in [6.45, 7) is 5.73. The summed E-state index contributed by atoms with van der Waals surface area (Å²) in [5.74, 6) is 0. The van der Waals surface area contributed by atoms with Crippen LogP contribution in [0.2, 0.25) is 0 Å². The molecule has 2 heterocycles. The van der Waals surface area contributed by atoms with Gasteiger partial charge in [0.25, 0.3) is 0 Å². The third kappa shape index (κ3) is 3.84. The zero-order chi connectivity index (χ0) is 14.8. The average Bonchev–Trinajstić information content (AvgIpc) is 2.88. The van der Waals surface area contributed by atoms with Crippen LogP contribution in [0.3, 0.4) is 0 Å². The first kappa shape index (κ1) is 15.5. The van der Waals surface area contributed by atoms with E-state index < -0.39 is 15.7 Å². The van der Waals surface area contributed by atoms with E-state index >= 15 is 0 Å². The quantitative estimate of drug-likeness (QED) is 0.599. The minimum Gasteiger partial charge on any atom is -0.239 e. The molecule has 0 amide bonds. The van der Waals surface area contributed by atoms with E-state index in [9.17, 15) is 4.21 Å². The Kier molecular flexibility index (Phi) is 4.88. The smallest absolute Gasteiger partial charge is 0.145 e. The predicted molar refractivity (Wildman–Crippen MR) is 89.8 cm³/mol. The number of rotatable bonds is 3. The minimum atomic E-state index is -1.32. The highest BCUT2D eigenvalue weighted by molar-refractivity contribution is 9.10. The maximum Gasteiger partial charge on any atom is 0.145 e. The molecule has 20 heavy (non-hydrogen) atoms. The molecule has 2 aromatic rings. The molecule has 6 heteroatoms. The molecule has 0 aliphatic heterocycles. The molecule has 0 spiro atoms. The summed E-state index contributed by atoms with van der Waals surface area (Å²) >= 11 is 4.94.